The quantitative estimate of drug-likeness (QED) is 0.761. The molecule has 2 rings (SSSR count). The van der Waals surface area contributed by atoms with E-state index >= 15 is 0 Å². The van der Waals surface area contributed by atoms with Gasteiger partial charge in [0.05, 0.1) is 18.1 Å². The number of amides is 1. The molecule has 2 atom stereocenters. The maximum absolute atomic E-state index is 11.8. The SMILES string of the molecule is COC1(CC(=O)NCC2CCCC2O)CCC1. The fraction of sp³-hybridized carbons (Fsp3) is 0.923. The summed E-state index contributed by atoms with van der Waals surface area (Å²) in [5.74, 6) is 0.310. The summed E-state index contributed by atoms with van der Waals surface area (Å²) >= 11 is 0. The van der Waals surface area contributed by atoms with Crippen molar-refractivity contribution < 1.29 is 14.6 Å². The maximum Gasteiger partial charge on any atom is 0.222 e. The number of carbonyl (C=O) groups excluding carboxylic acids is 1. The predicted octanol–water partition coefficient (Wildman–Crippen LogP) is 1.22. The van der Waals surface area contributed by atoms with Crippen LogP contribution in [0, 0.1) is 5.92 Å². The third-order valence-electron chi connectivity index (χ3n) is 4.36. The molecule has 0 spiro atoms. The molecule has 1 amide bonds. The highest BCUT2D eigenvalue weighted by atomic mass is 16.5. The second-order valence-electron chi connectivity index (χ2n) is 5.48. The Morgan fingerprint density at radius 3 is 2.65 bits per heavy atom. The third-order valence-corrected chi connectivity index (χ3v) is 4.36. The molecule has 98 valence electrons. The van der Waals surface area contributed by atoms with E-state index < -0.39 is 0 Å². The Labute approximate surface area is 103 Å². The summed E-state index contributed by atoms with van der Waals surface area (Å²) in [6.45, 7) is 0.611. The van der Waals surface area contributed by atoms with Gasteiger partial charge in [-0.15, -0.1) is 0 Å². The number of carbonyl (C=O) groups is 1. The lowest BCUT2D eigenvalue weighted by atomic mass is 9.77. The number of rotatable bonds is 5. The first-order valence-electron chi connectivity index (χ1n) is 6.65. The average molecular weight is 241 g/mol. The van der Waals surface area contributed by atoms with E-state index in [1.807, 2.05) is 0 Å². The zero-order valence-electron chi connectivity index (χ0n) is 10.6. The van der Waals surface area contributed by atoms with E-state index in [4.69, 9.17) is 4.74 Å². The average Bonchev–Trinajstić information content (AvgIpc) is 2.67. The molecular formula is C13H23NO3. The highest BCUT2D eigenvalue weighted by Crippen LogP contribution is 2.37. The van der Waals surface area contributed by atoms with E-state index in [0.29, 0.717) is 13.0 Å². The van der Waals surface area contributed by atoms with E-state index in [0.717, 1.165) is 38.5 Å². The number of aliphatic hydroxyl groups excluding tert-OH is 1. The van der Waals surface area contributed by atoms with Gasteiger partial charge in [-0.2, -0.15) is 0 Å². The topological polar surface area (TPSA) is 58.6 Å². The maximum atomic E-state index is 11.8. The van der Waals surface area contributed by atoms with E-state index in [2.05, 4.69) is 5.32 Å². The summed E-state index contributed by atoms with van der Waals surface area (Å²) in [4.78, 5) is 11.8. The molecule has 0 aromatic heterocycles. The lowest BCUT2D eigenvalue weighted by molar-refractivity contribution is -0.134. The van der Waals surface area contributed by atoms with Crippen molar-refractivity contribution in [3.63, 3.8) is 0 Å². The molecule has 17 heavy (non-hydrogen) atoms. The number of nitrogens with one attached hydrogen (secondary N) is 1. The molecule has 4 heteroatoms. The first-order valence-corrected chi connectivity index (χ1v) is 6.65. The molecule has 0 radical (unpaired) electrons. The molecule has 2 aliphatic rings. The Morgan fingerprint density at radius 2 is 2.18 bits per heavy atom. The van der Waals surface area contributed by atoms with E-state index in [-0.39, 0.29) is 23.5 Å². The van der Waals surface area contributed by atoms with Crippen LogP contribution in [-0.2, 0) is 9.53 Å². The minimum atomic E-state index is -0.226. The number of aliphatic hydroxyl groups is 1. The largest absolute Gasteiger partial charge is 0.393 e. The van der Waals surface area contributed by atoms with Crippen molar-refractivity contribution in [3.8, 4) is 0 Å². The normalized spacial score (nSPS) is 30.9. The van der Waals surface area contributed by atoms with Crippen LogP contribution < -0.4 is 5.32 Å². The van der Waals surface area contributed by atoms with Crippen LogP contribution in [0.2, 0.25) is 0 Å². The van der Waals surface area contributed by atoms with Gasteiger partial charge in [-0.1, -0.05) is 6.42 Å². The van der Waals surface area contributed by atoms with Crippen molar-refractivity contribution in [3.05, 3.63) is 0 Å². The number of hydrogen-bond donors (Lipinski definition) is 2. The molecule has 2 aliphatic carbocycles. The summed E-state index contributed by atoms with van der Waals surface area (Å²) in [5.41, 5.74) is -0.196. The molecule has 4 nitrogen and oxygen atoms in total. The standard InChI is InChI=1S/C13H23NO3/c1-17-13(6-3-7-13)8-12(16)14-9-10-4-2-5-11(10)15/h10-11,15H,2-9H2,1H3,(H,14,16). The highest BCUT2D eigenvalue weighted by Gasteiger charge is 2.39. The summed E-state index contributed by atoms with van der Waals surface area (Å²) in [6, 6.07) is 0. The zero-order valence-corrected chi connectivity index (χ0v) is 10.6. The van der Waals surface area contributed by atoms with Gasteiger partial charge in [0.2, 0.25) is 5.91 Å². The Bertz CT molecular complexity index is 270. The monoisotopic (exact) mass is 241 g/mol. The summed E-state index contributed by atoms with van der Waals surface area (Å²) in [7, 11) is 1.69. The van der Waals surface area contributed by atoms with Gasteiger partial charge in [0.1, 0.15) is 0 Å². The summed E-state index contributed by atoms with van der Waals surface area (Å²) < 4.78 is 5.43. The summed E-state index contributed by atoms with van der Waals surface area (Å²) in [5, 5.41) is 12.6. The number of hydrogen-bond acceptors (Lipinski definition) is 3. The van der Waals surface area contributed by atoms with E-state index in [9.17, 15) is 9.90 Å². The Balaban J connectivity index is 1.70. The Kier molecular flexibility index (Phi) is 4.05. The van der Waals surface area contributed by atoms with Gasteiger partial charge in [0.25, 0.3) is 0 Å². The Morgan fingerprint density at radius 1 is 1.41 bits per heavy atom. The van der Waals surface area contributed by atoms with Crippen molar-refractivity contribution in [1.29, 1.82) is 0 Å². The van der Waals surface area contributed by atoms with Crippen LogP contribution in [0.15, 0.2) is 0 Å². The minimum Gasteiger partial charge on any atom is -0.393 e. The molecule has 0 aromatic carbocycles. The van der Waals surface area contributed by atoms with Gasteiger partial charge in [0, 0.05) is 19.6 Å². The molecule has 2 N–H and O–H groups in total. The predicted molar refractivity (Wildman–Crippen MR) is 64.6 cm³/mol. The molecule has 2 saturated carbocycles. The van der Waals surface area contributed by atoms with Crippen molar-refractivity contribution in [2.75, 3.05) is 13.7 Å². The van der Waals surface area contributed by atoms with E-state index in [1.165, 1.54) is 0 Å². The van der Waals surface area contributed by atoms with E-state index in [1.54, 1.807) is 7.11 Å². The molecular weight excluding hydrogens is 218 g/mol. The van der Waals surface area contributed by atoms with Gasteiger partial charge < -0.3 is 15.2 Å². The first-order chi connectivity index (χ1) is 8.15. The van der Waals surface area contributed by atoms with Crippen LogP contribution in [-0.4, -0.2) is 36.4 Å². The second-order valence-corrected chi connectivity index (χ2v) is 5.48. The molecule has 0 heterocycles. The van der Waals surface area contributed by atoms with Gasteiger partial charge in [-0.05, 0) is 32.1 Å². The number of ether oxygens (including phenoxy) is 1. The molecule has 0 aliphatic heterocycles. The fourth-order valence-corrected chi connectivity index (χ4v) is 2.88. The zero-order chi connectivity index (χ0) is 12.3. The van der Waals surface area contributed by atoms with Crippen molar-refractivity contribution in [2.45, 2.75) is 56.7 Å². The van der Waals surface area contributed by atoms with Gasteiger partial charge >= 0.3 is 0 Å². The Hall–Kier alpha value is -0.610. The first kappa shape index (κ1) is 12.8. The second kappa shape index (κ2) is 5.36. The van der Waals surface area contributed by atoms with Gasteiger partial charge in [-0.3, -0.25) is 4.79 Å². The molecule has 2 fully saturated rings. The molecule has 0 saturated heterocycles. The van der Waals surface area contributed by atoms with Gasteiger partial charge in [0.15, 0.2) is 0 Å². The lowest BCUT2D eigenvalue weighted by Crippen LogP contribution is -2.44. The molecule has 0 aromatic rings. The highest BCUT2D eigenvalue weighted by molar-refractivity contribution is 5.77. The van der Waals surface area contributed by atoms with Crippen molar-refractivity contribution in [2.24, 2.45) is 5.92 Å². The van der Waals surface area contributed by atoms with Crippen LogP contribution in [0.5, 0.6) is 0 Å². The van der Waals surface area contributed by atoms with Crippen LogP contribution in [0.1, 0.15) is 44.9 Å². The van der Waals surface area contributed by atoms with Crippen LogP contribution in [0.4, 0.5) is 0 Å². The van der Waals surface area contributed by atoms with Crippen LogP contribution in [0.3, 0.4) is 0 Å². The van der Waals surface area contributed by atoms with Crippen LogP contribution >= 0.6 is 0 Å². The molecule has 0 bridgehead atoms. The van der Waals surface area contributed by atoms with Crippen molar-refractivity contribution >= 4 is 5.91 Å². The minimum absolute atomic E-state index is 0.0608. The number of methoxy groups -OCH3 is 1. The lowest BCUT2D eigenvalue weighted by Gasteiger charge is -2.40. The van der Waals surface area contributed by atoms with Crippen molar-refractivity contribution in [1.82, 2.24) is 5.32 Å². The fourth-order valence-electron chi connectivity index (χ4n) is 2.88. The van der Waals surface area contributed by atoms with Crippen LogP contribution in [0.25, 0.3) is 0 Å². The third kappa shape index (κ3) is 2.99. The summed E-state index contributed by atoms with van der Waals surface area (Å²) in [6.07, 6.45) is 6.35. The smallest absolute Gasteiger partial charge is 0.222 e. The molecule has 2 unspecified atom stereocenters. The van der Waals surface area contributed by atoms with Gasteiger partial charge in [-0.25, -0.2) is 0 Å².